The number of fused-ring (bicyclic) bond motifs is 1. The van der Waals surface area contributed by atoms with Crippen LogP contribution in [0.4, 0.5) is 5.69 Å². The maximum Gasteiger partial charge on any atom is 0.0777 e. The highest BCUT2D eigenvalue weighted by Crippen LogP contribution is 2.51. The quantitative estimate of drug-likeness (QED) is 0.749. The summed E-state index contributed by atoms with van der Waals surface area (Å²) in [6.45, 7) is 10.6. The lowest BCUT2D eigenvalue weighted by molar-refractivity contribution is -0.0845. The minimum Gasteiger partial charge on any atom is -0.369 e. The van der Waals surface area contributed by atoms with E-state index < -0.39 is 0 Å². The third kappa shape index (κ3) is 3.60. The molecule has 1 saturated carbocycles. The molecule has 0 N–H and O–H groups in total. The van der Waals surface area contributed by atoms with Crippen molar-refractivity contribution in [1.29, 1.82) is 0 Å². The molecule has 3 heterocycles. The first-order chi connectivity index (χ1) is 15.1. The van der Waals surface area contributed by atoms with E-state index in [1.54, 1.807) is 5.57 Å². The molecule has 2 aromatic rings. The van der Waals surface area contributed by atoms with Crippen LogP contribution in [-0.2, 0) is 6.42 Å². The van der Waals surface area contributed by atoms with Gasteiger partial charge in [0.2, 0.25) is 0 Å². The van der Waals surface area contributed by atoms with Crippen molar-refractivity contribution >= 4 is 11.8 Å². The van der Waals surface area contributed by atoms with Gasteiger partial charge in [0, 0.05) is 68.8 Å². The Labute approximate surface area is 186 Å². The Morgan fingerprint density at radius 1 is 1.00 bits per heavy atom. The molecule has 0 bridgehead atoms. The number of pyridine rings is 1. The van der Waals surface area contributed by atoms with Crippen LogP contribution in [0.15, 0.2) is 42.1 Å². The van der Waals surface area contributed by atoms with Crippen molar-refractivity contribution in [1.82, 2.24) is 14.8 Å². The third-order valence-electron chi connectivity index (χ3n) is 7.96. The lowest BCUT2D eigenvalue weighted by Crippen LogP contribution is -2.61. The number of hydrogen-bond donors (Lipinski definition) is 0. The lowest BCUT2D eigenvalue weighted by Gasteiger charge is -2.59. The standard InChI is InChI=1S/C27H34N4/c1-20-15-27(16-20)18-30(19-27)17-21-13-23-7-8-28-26(25(23)14-21)22-3-5-24(6-4-22)31-11-9-29(2)10-12-31/h3-8,14,20H,9-13,15-19H2,1-2H3. The van der Waals surface area contributed by atoms with Gasteiger partial charge in [-0.3, -0.25) is 9.88 Å². The summed E-state index contributed by atoms with van der Waals surface area (Å²) < 4.78 is 0. The first kappa shape index (κ1) is 19.5. The van der Waals surface area contributed by atoms with E-state index in [1.165, 1.54) is 48.3 Å². The SMILES string of the molecule is CC1CC2(C1)CN(CC1=Cc3c(ccnc3-c3ccc(N4CCN(C)CC4)cc3)C1)C2. The van der Waals surface area contributed by atoms with Gasteiger partial charge in [-0.1, -0.05) is 30.7 Å². The van der Waals surface area contributed by atoms with E-state index in [2.05, 4.69) is 65.1 Å². The average molecular weight is 415 g/mol. The maximum atomic E-state index is 4.80. The molecular weight excluding hydrogens is 380 g/mol. The fourth-order valence-corrected chi connectivity index (χ4v) is 6.53. The summed E-state index contributed by atoms with van der Waals surface area (Å²) in [6.07, 6.45) is 8.40. The van der Waals surface area contributed by atoms with E-state index >= 15 is 0 Å². The minimum atomic E-state index is 0.684. The molecule has 0 atom stereocenters. The van der Waals surface area contributed by atoms with Gasteiger partial charge in [0.25, 0.3) is 0 Å². The smallest absolute Gasteiger partial charge is 0.0777 e. The fraction of sp³-hybridized carbons (Fsp3) is 0.519. The highest BCUT2D eigenvalue weighted by molar-refractivity contribution is 5.78. The number of benzene rings is 1. The summed E-state index contributed by atoms with van der Waals surface area (Å²) in [6, 6.07) is 11.3. The number of piperazine rings is 1. The topological polar surface area (TPSA) is 22.6 Å². The molecule has 6 rings (SSSR count). The van der Waals surface area contributed by atoms with Gasteiger partial charge in [-0.25, -0.2) is 0 Å². The molecule has 1 spiro atoms. The molecular formula is C27H34N4. The van der Waals surface area contributed by atoms with E-state index in [4.69, 9.17) is 4.98 Å². The van der Waals surface area contributed by atoms with Gasteiger partial charge in [0.1, 0.15) is 0 Å². The summed E-state index contributed by atoms with van der Waals surface area (Å²) in [7, 11) is 2.21. The van der Waals surface area contributed by atoms with Gasteiger partial charge in [-0.15, -0.1) is 0 Å². The Balaban J connectivity index is 1.16. The summed E-state index contributed by atoms with van der Waals surface area (Å²) >= 11 is 0. The Morgan fingerprint density at radius 3 is 2.45 bits per heavy atom. The van der Waals surface area contributed by atoms with Gasteiger partial charge >= 0.3 is 0 Å². The molecule has 0 unspecified atom stereocenters. The van der Waals surface area contributed by atoms with Crippen LogP contribution in [0.5, 0.6) is 0 Å². The molecule has 4 aliphatic rings. The fourth-order valence-electron chi connectivity index (χ4n) is 6.53. The summed E-state index contributed by atoms with van der Waals surface area (Å²) in [5, 5.41) is 0. The number of anilines is 1. The van der Waals surface area contributed by atoms with E-state index in [-0.39, 0.29) is 0 Å². The van der Waals surface area contributed by atoms with Gasteiger partial charge < -0.3 is 9.80 Å². The zero-order valence-electron chi connectivity index (χ0n) is 19.0. The number of likely N-dealkylation sites (tertiary alicyclic amines) is 1. The number of rotatable bonds is 4. The first-order valence-corrected chi connectivity index (χ1v) is 12.0. The van der Waals surface area contributed by atoms with E-state index in [9.17, 15) is 0 Å². The molecule has 2 aliphatic carbocycles. The molecule has 1 aromatic heterocycles. The lowest BCUT2D eigenvalue weighted by atomic mass is 9.58. The number of nitrogens with zero attached hydrogens (tertiary/aromatic N) is 4. The summed E-state index contributed by atoms with van der Waals surface area (Å²) in [4.78, 5) is 12.3. The molecule has 4 nitrogen and oxygen atoms in total. The molecule has 3 fully saturated rings. The molecule has 4 heteroatoms. The minimum absolute atomic E-state index is 0.684. The predicted molar refractivity (Wildman–Crippen MR) is 128 cm³/mol. The van der Waals surface area contributed by atoms with E-state index in [0.29, 0.717) is 5.41 Å². The highest BCUT2D eigenvalue weighted by atomic mass is 15.2. The molecule has 31 heavy (non-hydrogen) atoms. The first-order valence-electron chi connectivity index (χ1n) is 12.0. The van der Waals surface area contributed by atoms with Crippen molar-refractivity contribution in [3.8, 4) is 11.3 Å². The van der Waals surface area contributed by atoms with E-state index in [1.807, 2.05) is 6.20 Å². The number of aromatic nitrogens is 1. The number of hydrogen-bond acceptors (Lipinski definition) is 4. The predicted octanol–water partition coefficient (Wildman–Crippen LogP) is 4.17. The molecule has 2 saturated heterocycles. The zero-order chi connectivity index (χ0) is 21.0. The number of likely N-dealkylation sites (N-methyl/N-ethyl adjacent to an activating group) is 1. The van der Waals surface area contributed by atoms with Crippen LogP contribution in [0.3, 0.4) is 0 Å². The highest BCUT2D eigenvalue weighted by Gasteiger charge is 2.50. The van der Waals surface area contributed by atoms with Gasteiger partial charge in [0.15, 0.2) is 0 Å². The Kier molecular flexibility index (Phi) is 4.69. The van der Waals surface area contributed by atoms with Crippen LogP contribution in [0.25, 0.3) is 17.3 Å². The monoisotopic (exact) mass is 414 g/mol. The van der Waals surface area contributed by atoms with Crippen molar-refractivity contribution in [2.45, 2.75) is 26.2 Å². The zero-order valence-corrected chi connectivity index (χ0v) is 19.0. The van der Waals surface area contributed by atoms with Crippen molar-refractivity contribution in [3.05, 3.63) is 53.2 Å². The molecule has 162 valence electrons. The Hall–Kier alpha value is -2.17. The van der Waals surface area contributed by atoms with Crippen LogP contribution in [0, 0.1) is 11.3 Å². The van der Waals surface area contributed by atoms with Crippen molar-refractivity contribution < 1.29 is 0 Å². The second-order valence-electron chi connectivity index (χ2n) is 10.7. The second-order valence-corrected chi connectivity index (χ2v) is 10.7. The Bertz CT molecular complexity index is 986. The van der Waals surface area contributed by atoms with Crippen molar-refractivity contribution in [2.24, 2.45) is 11.3 Å². The van der Waals surface area contributed by atoms with Crippen LogP contribution >= 0.6 is 0 Å². The van der Waals surface area contributed by atoms with Crippen molar-refractivity contribution in [2.75, 3.05) is 57.8 Å². The normalized spacial score (nSPS) is 23.4. The van der Waals surface area contributed by atoms with Crippen LogP contribution in [0.1, 0.15) is 30.9 Å². The van der Waals surface area contributed by atoms with Crippen LogP contribution < -0.4 is 4.90 Å². The third-order valence-corrected chi connectivity index (χ3v) is 7.96. The average Bonchev–Trinajstić information content (AvgIpc) is 3.14. The van der Waals surface area contributed by atoms with Crippen molar-refractivity contribution in [3.63, 3.8) is 0 Å². The summed E-state index contributed by atoms with van der Waals surface area (Å²) in [5.41, 5.74) is 8.74. The largest absolute Gasteiger partial charge is 0.369 e. The van der Waals surface area contributed by atoms with Gasteiger partial charge in [-0.05, 0) is 61.4 Å². The Morgan fingerprint density at radius 2 is 1.74 bits per heavy atom. The van der Waals surface area contributed by atoms with Gasteiger partial charge in [-0.2, -0.15) is 0 Å². The summed E-state index contributed by atoms with van der Waals surface area (Å²) in [5.74, 6) is 0.952. The van der Waals surface area contributed by atoms with Crippen LogP contribution in [-0.4, -0.2) is 67.6 Å². The molecule has 1 aromatic carbocycles. The van der Waals surface area contributed by atoms with E-state index in [0.717, 1.165) is 50.8 Å². The van der Waals surface area contributed by atoms with Crippen LogP contribution in [0.2, 0.25) is 0 Å². The molecule has 0 radical (unpaired) electrons. The maximum absolute atomic E-state index is 4.80. The molecule has 2 aliphatic heterocycles. The van der Waals surface area contributed by atoms with Gasteiger partial charge in [0.05, 0.1) is 5.69 Å². The molecule has 0 amide bonds. The second kappa shape index (κ2) is 7.46.